The number of ether oxygens (including phenoxy) is 2. The number of aliphatic hydroxyl groups is 2. The molecule has 33 heavy (non-hydrogen) atoms. The lowest BCUT2D eigenvalue weighted by atomic mass is 9.78. The molecular formula is C25H42O8. The van der Waals surface area contributed by atoms with Crippen LogP contribution in [0.5, 0.6) is 11.5 Å². The van der Waals surface area contributed by atoms with E-state index in [9.17, 15) is 9.59 Å². The number of hydrogen-bond acceptors (Lipinski definition) is 6. The van der Waals surface area contributed by atoms with Crippen molar-refractivity contribution in [3.8, 4) is 11.5 Å². The number of carboxylic acids is 2. The number of carbonyl (C=O) groups is 2. The van der Waals surface area contributed by atoms with Crippen LogP contribution in [0.15, 0.2) is 12.1 Å². The average Bonchev–Trinajstić information content (AvgIpc) is 2.76. The first kappa shape index (κ1) is 30.7. The number of rotatable bonds is 6. The van der Waals surface area contributed by atoms with Crippen LogP contribution in [-0.2, 0) is 21.4 Å². The summed E-state index contributed by atoms with van der Waals surface area (Å²) in [5.41, 5.74) is 1.48. The minimum absolute atomic E-state index is 0.0104. The lowest BCUT2D eigenvalue weighted by Gasteiger charge is -2.30. The van der Waals surface area contributed by atoms with Crippen molar-refractivity contribution in [3.63, 3.8) is 0 Å². The van der Waals surface area contributed by atoms with Crippen molar-refractivity contribution in [1.82, 2.24) is 0 Å². The highest BCUT2D eigenvalue weighted by molar-refractivity contribution is 5.69. The molecule has 190 valence electrons. The Bertz CT molecular complexity index is 740. The summed E-state index contributed by atoms with van der Waals surface area (Å²) in [5, 5.41) is 32.2. The Labute approximate surface area is 197 Å². The third-order valence-electron chi connectivity index (χ3n) is 5.67. The molecule has 0 heterocycles. The lowest BCUT2D eigenvalue weighted by molar-refractivity contribution is -0.140. The van der Waals surface area contributed by atoms with Crippen LogP contribution in [0.25, 0.3) is 0 Å². The fourth-order valence-electron chi connectivity index (χ4n) is 4.06. The largest absolute Gasteiger partial charge is 0.482 e. The molecule has 0 spiro atoms. The first-order valence-electron chi connectivity index (χ1n) is 11.3. The van der Waals surface area contributed by atoms with E-state index in [2.05, 4.69) is 27.7 Å². The van der Waals surface area contributed by atoms with Crippen molar-refractivity contribution in [2.75, 3.05) is 27.4 Å². The summed E-state index contributed by atoms with van der Waals surface area (Å²) in [6, 6.07) is 3.72. The zero-order valence-electron chi connectivity index (χ0n) is 20.9. The van der Waals surface area contributed by atoms with Crippen molar-refractivity contribution in [2.45, 2.75) is 78.1 Å². The summed E-state index contributed by atoms with van der Waals surface area (Å²) in [7, 11) is 2.00. The summed E-state index contributed by atoms with van der Waals surface area (Å²) < 4.78 is 11.3. The van der Waals surface area contributed by atoms with E-state index in [1.54, 1.807) is 0 Å². The van der Waals surface area contributed by atoms with Crippen molar-refractivity contribution < 1.29 is 39.5 Å². The zero-order valence-corrected chi connectivity index (χ0v) is 20.9. The average molecular weight is 471 g/mol. The predicted molar refractivity (Wildman–Crippen MR) is 127 cm³/mol. The fourth-order valence-corrected chi connectivity index (χ4v) is 4.06. The molecule has 0 saturated carbocycles. The second-order valence-corrected chi connectivity index (χ2v) is 9.46. The molecule has 0 atom stereocenters. The molecular weight excluding hydrogens is 428 g/mol. The van der Waals surface area contributed by atoms with Gasteiger partial charge in [0.25, 0.3) is 0 Å². The second kappa shape index (κ2) is 14.8. The normalized spacial score (nSPS) is 16.8. The first-order valence-corrected chi connectivity index (χ1v) is 11.3. The number of aliphatic carboxylic acids is 2. The summed E-state index contributed by atoms with van der Waals surface area (Å²) in [5.74, 6) is -0.963. The Hall–Kier alpha value is -2.32. The van der Waals surface area contributed by atoms with Crippen molar-refractivity contribution >= 4 is 11.9 Å². The molecule has 4 N–H and O–H groups in total. The minimum Gasteiger partial charge on any atom is -0.482 e. The van der Waals surface area contributed by atoms with Crippen molar-refractivity contribution in [2.24, 2.45) is 5.41 Å². The van der Waals surface area contributed by atoms with Gasteiger partial charge in [0.15, 0.2) is 13.2 Å². The van der Waals surface area contributed by atoms with Gasteiger partial charge in [-0.1, -0.05) is 53.4 Å². The highest BCUT2D eigenvalue weighted by atomic mass is 16.5. The zero-order chi connectivity index (χ0) is 25.7. The van der Waals surface area contributed by atoms with E-state index in [1.807, 2.05) is 12.1 Å². The second-order valence-electron chi connectivity index (χ2n) is 9.46. The third kappa shape index (κ3) is 10.9. The maximum atomic E-state index is 11.1. The summed E-state index contributed by atoms with van der Waals surface area (Å²) >= 11 is 0. The van der Waals surface area contributed by atoms with Crippen LogP contribution < -0.4 is 9.47 Å². The Kier molecular flexibility index (Phi) is 13.7. The molecule has 2 aliphatic rings. The standard InChI is InChI=1S/C23H34O6.2CH4O/c1-22(2)9-7-5-6-8-10-23(3,4)17-12-18(28-14-20(24)25)16(13-22)11-19(17)29-15-21(26)27;2*1-2/h11-12H,5-10,13-15H2,1-4H3,(H,24,25)(H,26,27);2*2H,1H3. The number of fused-ring (bicyclic) bond motifs is 10. The number of hydrogen-bond donors (Lipinski definition) is 4. The molecule has 0 aliphatic heterocycles. The summed E-state index contributed by atoms with van der Waals surface area (Å²) in [4.78, 5) is 22.2. The summed E-state index contributed by atoms with van der Waals surface area (Å²) in [6.07, 6.45) is 7.25. The SMILES string of the molecule is CC1(C)CCCCCCC(C)(C)c2cc(OCC(=O)O)c(cc2OCC(=O)O)C1.CO.CO. The van der Waals surface area contributed by atoms with E-state index < -0.39 is 25.2 Å². The summed E-state index contributed by atoms with van der Waals surface area (Å²) in [6.45, 7) is 7.79. The van der Waals surface area contributed by atoms with Crippen LogP contribution >= 0.6 is 0 Å². The minimum atomic E-state index is -1.03. The van der Waals surface area contributed by atoms with E-state index in [-0.39, 0.29) is 10.8 Å². The maximum absolute atomic E-state index is 11.1. The van der Waals surface area contributed by atoms with Gasteiger partial charge in [-0.25, -0.2) is 9.59 Å². The third-order valence-corrected chi connectivity index (χ3v) is 5.67. The number of carboxylic acid groups (broad SMARTS) is 2. The molecule has 0 amide bonds. The van der Waals surface area contributed by atoms with E-state index >= 15 is 0 Å². The van der Waals surface area contributed by atoms with Crippen LogP contribution in [0.4, 0.5) is 0 Å². The smallest absolute Gasteiger partial charge is 0.341 e. The van der Waals surface area contributed by atoms with Gasteiger partial charge in [0.1, 0.15) is 11.5 Å². The monoisotopic (exact) mass is 470 g/mol. The van der Waals surface area contributed by atoms with Gasteiger partial charge >= 0.3 is 11.9 Å². The molecule has 2 aliphatic carbocycles. The van der Waals surface area contributed by atoms with Crippen molar-refractivity contribution in [3.05, 3.63) is 23.3 Å². The Morgan fingerprint density at radius 1 is 0.788 bits per heavy atom. The van der Waals surface area contributed by atoms with Gasteiger partial charge in [-0.05, 0) is 47.8 Å². The molecule has 1 aromatic rings. The van der Waals surface area contributed by atoms with Gasteiger partial charge in [0.05, 0.1) is 0 Å². The van der Waals surface area contributed by atoms with E-state index in [0.717, 1.165) is 57.5 Å². The number of aliphatic hydroxyl groups excluding tert-OH is 2. The molecule has 8 heteroatoms. The van der Waals surface area contributed by atoms with Crippen molar-refractivity contribution in [1.29, 1.82) is 0 Å². The quantitative estimate of drug-likeness (QED) is 0.490. The highest BCUT2D eigenvalue weighted by Gasteiger charge is 2.29. The molecule has 2 bridgehead atoms. The number of benzene rings is 1. The van der Waals surface area contributed by atoms with Crippen LogP contribution in [-0.4, -0.2) is 59.8 Å². The molecule has 0 saturated heterocycles. The van der Waals surface area contributed by atoms with Crippen LogP contribution in [0.3, 0.4) is 0 Å². The molecule has 8 nitrogen and oxygen atoms in total. The molecule has 0 radical (unpaired) electrons. The van der Waals surface area contributed by atoms with Gasteiger partial charge in [-0.2, -0.15) is 0 Å². The van der Waals surface area contributed by atoms with Gasteiger partial charge in [0.2, 0.25) is 0 Å². The Morgan fingerprint density at radius 2 is 1.27 bits per heavy atom. The topological polar surface area (TPSA) is 134 Å². The van der Waals surface area contributed by atoms with Crippen LogP contribution in [0.1, 0.15) is 77.3 Å². The molecule has 0 fully saturated rings. The molecule has 3 rings (SSSR count). The predicted octanol–water partition coefficient (Wildman–Crippen LogP) is 4.03. The van der Waals surface area contributed by atoms with Crippen LogP contribution in [0.2, 0.25) is 0 Å². The van der Waals surface area contributed by atoms with E-state index in [4.69, 9.17) is 29.9 Å². The van der Waals surface area contributed by atoms with Gasteiger partial charge < -0.3 is 29.9 Å². The molecule has 0 unspecified atom stereocenters. The van der Waals surface area contributed by atoms with Crippen LogP contribution in [0, 0.1) is 5.41 Å². The Morgan fingerprint density at radius 3 is 1.79 bits per heavy atom. The van der Waals surface area contributed by atoms with Gasteiger partial charge in [0, 0.05) is 19.8 Å². The van der Waals surface area contributed by atoms with Gasteiger partial charge in [-0.15, -0.1) is 0 Å². The molecule has 1 aromatic carbocycles. The Balaban J connectivity index is 0.00000242. The first-order chi connectivity index (χ1) is 15.5. The highest BCUT2D eigenvalue weighted by Crippen LogP contribution is 2.42. The van der Waals surface area contributed by atoms with E-state index in [0.29, 0.717) is 17.9 Å². The fraction of sp³-hybridized carbons (Fsp3) is 0.680. The van der Waals surface area contributed by atoms with Gasteiger partial charge in [-0.3, -0.25) is 0 Å². The maximum Gasteiger partial charge on any atom is 0.341 e. The lowest BCUT2D eigenvalue weighted by Crippen LogP contribution is -2.22. The van der Waals surface area contributed by atoms with E-state index in [1.165, 1.54) is 6.42 Å². The molecule has 0 aromatic heterocycles.